The molecule has 2 heterocycles. The molecule has 0 saturated carbocycles. The molecule has 0 N–H and O–H groups in total. The Kier molecular flexibility index (Phi) is 1.24. The van der Waals surface area contributed by atoms with E-state index in [0.29, 0.717) is 5.92 Å². The van der Waals surface area contributed by atoms with Crippen molar-refractivity contribution < 1.29 is 9.47 Å². The second-order valence-electron chi connectivity index (χ2n) is 2.98. The summed E-state index contributed by atoms with van der Waals surface area (Å²) in [5.74, 6) is 1.42. The van der Waals surface area contributed by atoms with Gasteiger partial charge >= 0.3 is 0 Å². The van der Waals surface area contributed by atoms with Gasteiger partial charge in [0.2, 0.25) is 0 Å². The van der Waals surface area contributed by atoms with E-state index in [9.17, 15) is 0 Å². The normalized spacial score (nSPS) is 49.7. The third-order valence-electron chi connectivity index (χ3n) is 2.42. The molecule has 0 aromatic carbocycles. The van der Waals surface area contributed by atoms with Gasteiger partial charge in [-0.2, -0.15) is 0 Å². The summed E-state index contributed by atoms with van der Waals surface area (Å²) < 4.78 is 10.7. The SMILES string of the molecule is CC1C2CCOC1OC2. The molecule has 2 rings (SSSR count). The van der Waals surface area contributed by atoms with E-state index in [0.717, 1.165) is 19.1 Å². The zero-order valence-electron chi connectivity index (χ0n) is 5.67. The van der Waals surface area contributed by atoms with Gasteiger partial charge in [0, 0.05) is 5.92 Å². The van der Waals surface area contributed by atoms with E-state index in [2.05, 4.69) is 6.92 Å². The second kappa shape index (κ2) is 1.96. The minimum absolute atomic E-state index is 0.128. The molecule has 0 radical (unpaired) electrons. The molecule has 2 fully saturated rings. The highest BCUT2D eigenvalue weighted by Crippen LogP contribution is 2.33. The number of hydrogen-bond acceptors (Lipinski definition) is 2. The van der Waals surface area contributed by atoms with Crippen molar-refractivity contribution in [1.29, 1.82) is 0 Å². The Balaban J connectivity index is 2.10. The number of fused-ring (bicyclic) bond motifs is 2. The van der Waals surface area contributed by atoms with E-state index in [1.807, 2.05) is 0 Å². The van der Waals surface area contributed by atoms with Crippen molar-refractivity contribution in [3.63, 3.8) is 0 Å². The summed E-state index contributed by atoms with van der Waals surface area (Å²) in [6, 6.07) is 0. The lowest BCUT2D eigenvalue weighted by Crippen LogP contribution is -2.27. The first kappa shape index (κ1) is 5.69. The van der Waals surface area contributed by atoms with Crippen LogP contribution in [-0.2, 0) is 9.47 Å². The zero-order valence-corrected chi connectivity index (χ0v) is 5.67. The minimum Gasteiger partial charge on any atom is -0.352 e. The number of rotatable bonds is 0. The van der Waals surface area contributed by atoms with E-state index < -0.39 is 0 Å². The van der Waals surface area contributed by atoms with Crippen LogP contribution in [0.25, 0.3) is 0 Å². The van der Waals surface area contributed by atoms with Crippen LogP contribution in [0, 0.1) is 11.8 Å². The highest BCUT2D eigenvalue weighted by atomic mass is 16.7. The van der Waals surface area contributed by atoms with Gasteiger partial charge in [-0.3, -0.25) is 0 Å². The fourth-order valence-corrected chi connectivity index (χ4v) is 1.63. The highest BCUT2D eigenvalue weighted by Gasteiger charge is 2.37. The first-order chi connectivity index (χ1) is 4.38. The smallest absolute Gasteiger partial charge is 0.160 e. The average Bonchev–Trinajstić information content (AvgIpc) is 2.19. The predicted octanol–water partition coefficient (Wildman–Crippen LogP) is 1.02. The van der Waals surface area contributed by atoms with E-state index in [-0.39, 0.29) is 6.29 Å². The maximum Gasteiger partial charge on any atom is 0.160 e. The molecule has 2 aliphatic rings. The van der Waals surface area contributed by atoms with Gasteiger partial charge < -0.3 is 9.47 Å². The molecule has 2 saturated heterocycles. The monoisotopic (exact) mass is 128 g/mol. The zero-order chi connectivity index (χ0) is 6.27. The third-order valence-corrected chi connectivity index (χ3v) is 2.42. The molecule has 0 amide bonds. The van der Waals surface area contributed by atoms with Crippen molar-refractivity contribution in [2.75, 3.05) is 13.2 Å². The van der Waals surface area contributed by atoms with Gasteiger partial charge in [0.15, 0.2) is 6.29 Å². The predicted molar refractivity (Wildman–Crippen MR) is 33.0 cm³/mol. The molecule has 0 spiro atoms. The Hall–Kier alpha value is -0.0800. The van der Waals surface area contributed by atoms with Crippen molar-refractivity contribution in [3.05, 3.63) is 0 Å². The van der Waals surface area contributed by atoms with E-state index >= 15 is 0 Å². The van der Waals surface area contributed by atoms with E-state index in [4.69, 9.17) is 9.47 Å². The molecule has 3 unspecified atom stereocenters. The molecule has 0 aliphatic carbocycles. The van der Waals surface area contributed by atoms with Crippen molar-refractivity contribution in [2.24, 2.45) is 11.8 Å². The van der Waals surface area contributed by atoms with Gasteiger partial charge in [0.05, 0.1) is 13.2 Å². The molecule has 2 bridgehead atoms. The van der Waals surface area contributed by atoms with Gasteiger partial charge in [-0.05, 0) is 12.3 Å². The van der Waals surface area contributed by atoms with Crippen LogP contribution in [0.1, 0.15) is 13.3 Å². The van der Waals surface area contributed by atoms with Crippen LogP contribution in [-0.4, -0.2) is 19.5 Å². The topological polar surface area (TPSA) is 18.5 Å². The molecule has 2 aliphatic heterocycles. The lowest BCUT2D eigenvalue weighted by atomic mass is 9.92. The fraction of sp³-hybridized carbons (Fsp3) is 1.00. The van der Waals surface area contributed by atoms with Gasteiger partial charge in [-0.15, -0.1) is 0 Å². The summed E-state index contributed by atoms with van der Waals surface area (Å²) in [6.45, 7) is 4.03. The molecule has 2 nitrogen and oxygen atoms in total. The molecule has 2 heteroatoms. The summed E-state index contributed by atoms with van der Waals surface area (Å²) >= 11 is 0. The molecular weight excluding hydrogens is 116 g/mol. The third kappa shape index (κ3) is 0.775. The summed E-state index contributed by atoms with van der Waals surface area (Å²) in [5, 5.41) is 0. The van der Waals surface area contributed by atoms with Crippen LogP contribution in [0.4, 0.5) is 0 Å². The Bertz CT molecular complexity index is 97.5. The summed E-state index contributed by atoms with van der Waals surface area (Å²) in [7, 11) is 0. The highest BCUT2D eigenvalue weighted by molar-refractivity contribution is 4.78. The van der Waals surface area contributed by atoms with Crippen LogP contribution < -0.4 is 0 Å². The van der Waals surface area contributed by atoms with Gasteiger partial charge in [-0.1, -0.05) is 6.92 Å². The Morgan fingerprint density at radius 3 is 2.89 bits per heavy atom. The first-order valence-electron chi connectivity index (χ1n) is 3.61. The molecule has 9 heavy (non-hydrogen) atoms. The van der Waals surface area contributed by atoms with Gasteiger partial charge in [-0.25, -0.2) is 0 Å². The average molecular weight is 128 g/mol. The van der Waals surface area contributed by atoms with Crippen LogP contribution >= 0.6 is 0 Å². The molecule has 3 atom stereocenters. The summed E-state index contributed by atoms with van der Waals surface area (Å²) in [4.78, 5) is 0. The number of hydrogen-bond donors (Lipinski definition) is 0. The van der Waals surface area contributed by atoms with Gasteiger partial charge in [0.25, 0.3) is 0 Å². The number of ether oxygens (including phenoxy) is 2. The largest absolute Gasteiger partial charge is 0.352 e. The standard InChI is InChI=1S/C7H12O2/c1-5-6-2-3-8-7(5)9-4-6/h5-7H,2-4H2,1H3. The van der Waals surface area contributed by atoms with Crippen LogP contribution in [0.3, 0.4) is 0 Å². The summed E-state index contributed by atoms with van der Waals surface area (Å²) in [5.41, 5.74) is 0. The van der Waals surface area contributed by atoms with Gasteiger partial charge in [0.1, 0.15) is 0 Å². The van der Waals surface area contributed by atoms with Crippen molar-refractivity contribution >= 4 is 0 Å². The minimum atomic E-state index is 0.128. The molecule has 0 aromatic rings. The van der Waals surface area contributed by atoms with Crippen molar-refractivity contribution in [2.45, 2.75) is 19.6 Å². The molecular formula is C7H12O2. The van der Waals surface area contributed by atoms with Crippen molar-refractivity contribution in [3.8, 4) is 0 Å². The van der Waals surface area contributed by atoms with Crippen molar-refractivity contribution in [1.82, 2.24) is 0 Å². The maximum absolute atomic E-state index is 5.37. The van der Waals surface area contributed by atoms with E-state index in [1.54, 1.807) is 0 Å². The lowest BCUT2D eigenvalue weighted by molar-refractivity contribution is -0.135. The van der Waals surface area contributed by atoms with Crippen LogP contribution in [0.2, 0.25) is 0 Å². The Labute approximate surface area is 55.1 Å². The second-order valence-corrected chi connectivity index (χ2v) is 2.98. The molecule has 52 valence electrons. The van der Waals surface area contributed by atoms with E-state index in [1.165, 1.54) is 6.42 Å². The molecule has 0 aromatic heterocycles. The van der Waals surface area contributed by atoms with Crippen LogP contribution in [0.5, 0.6) is 0 Å². The fourth-order valence-electron chi connectivity index (χ4n) is 1.63. The Morgan fingerprint density at radius 1 is 1.33 bits per heavy atom. The first-order valence-corrected chi connectivity index (χ1v) is 3.61. The maximum atomic E-state index is 5.37. The Morgan fingerprint density at radius 2 is 2.22 bits per heavy atom. The van der Waals surface area contributed by atoms with Crippen LogP contribution in [0.15, 0.2) is 0 Å². The summed E-state index contributed by atoms with van der Waals surface area (Å²) in [6.07, 6.45) is 1.32. The lowest BCUT2D eigenvalue weighted by Gasteiger charge is -2.23. The quantitative estimate of drug-likeness (QED) is 0.485.